The van der Waals surface area contributed by atoms with Crippen LogP contribution in [0.25, 0.3) is 0 Å². The molecule has 0 spiro atoms. The first-order chi connectivity index (χ1) is 12.0. The van der Waals surface area contributed by atoms with Crippen molar-refractivity contribution in [2.45, 2.75) is 12.8 Å². The number of imide groups is 1. The van der Waals surface area contributed by atoms with E-state index >= 15 is 0 Å². The number of ether oxygens (including phenoxy) is 1. The van der Waals surface area contributed by atoms with Gasteiger partial charge in [-0.3, -0.25) is 9.59 Å². The smallest absolute Gasteiger partial charge is 0.333 e. The molecule has 0 atom stereocenters. The molecule has 0 N–H and O–H groups in total. The molecule has 1 aliphatic heterocycles. The van der Waals surface area contributed by atoms with Crippen LogP contribution in [-0.2, 0) is 16.1 Å². The quantitative estimate of drug-likeness (QED) is 0.780. The summed E-state index contributed by atoms with van der Waals surface area (Å²) in [4.78, 5) is 41.0. The molecule has 25 heavy (non-hydrogen) atoms. The number of methoxy groups -OCH3 is 1. The second-order valence-corrected chi connectivity index (χ2v) is 5.35. The molecule has 0 aliphatic carbocycles. The summed E-state index contributed by atoms with van der Waals surface area (Å²) < 4.78 is 18.9. The summed E-state index contributed by atoms with van der Waals surface area (Å²) in [5.41, 5.74) is 0.636. The molecular formula is C18H14FNO5. The van der Waals surface area contributed by atoms with Crippen LogP contribution in [0.1, 0.15) is 32.7 Å². The van der Waals surface area contributed by atoms with Gasteiger partial charge >= 0.3 is 5.97 Å². The average Bonchev–Trinajstić information content (AvgIpc) is 2.86. The van der Waals surface area contributed by atoms with E-state index in [0.29, 0.717) is 5.06 Å². The Balaban J connectivity index is 1.65. The summed E-state index contributed by atoms with van der Waals surface area (Å²) in [5.74, 6) is -2.68. The van der Waals surface area contributed by atoms with Gasteiger partial charge in [0.1, 0.15) is 0 Å². The molecule has 0 saturated heterocycles. The first kappa shape index (κ1) is 16.6. The summed E-state index contributed by atoms with van der Waals surface area (Å²) in [6.07, 6.45) is -0.150. The average molecular weight is 343 g/mol. The molecule has 0 bridgehead atoms. The Morgan fingerprint density at radius 1 is 1.04 bits per heavy atom. The van der Waals surface area contributed by atoms with Crippen molar-refractivity contribution in [2.75, 3.05) is 7.11 Å². The fourth-order valence-electron chi connectivity index (χ4n) is 2.54. The normalized spacial score (nSPS) is 13.0. The lowest BCUT2D eigenvalue weighted by Gasteiger charge is -2.13. The van der Waals surface area contributed by atoms with Crippen molar-refractivity contribution in [3.63, 3.8) is 0 Å². The molecule has 0 radical (unpaired) electrons. The van der Waals surface area contributed by atoms with E-state index in [1.165, 1.54) is 31.4 Å². The van der Waals surface area contributed by atoms with E-state index in [4.69, 9.17) is 9.57 Å². The number of rotatable bonds is 5. The van der Waals surface area contributed by atoms with E-state index in [2.05, 4.69) is 0 Å². The first-order valence-corrected chi connectivity index (χ1v) is 7.53. The third kappa shape index (κ3) is 3.08. The third-order valence-corrected chi connectivity index (χ3v) is 3.81. The molecule has 2 amide bonds. The molecule has 1 aliphatic rings. The molecular weight excluding hydrogens is 329 g/mol. The van der Waals surface area contributed by atoms with Gasteiger partial charge in [-0.2, -0.15) is 0 Å². The Kier molecular flexibility index (Phi) is 4.47. The molecule has 2 aromatic carbocycles. The van der Waals surface area contributed by atoms with Crippen LogP contribution in [0.2, 0.25) is 0 Å². The molecule has 0 aromatic heterocycles. The lowest BCUT2D eigenvalue weighted by molar-refractivity contribution is -0.168. The fourth-order valence-corrected chi connectivity index (χ4v) is 2.54. The largest absolute Gasteiger partial charge is 0.494 e. The molecule has 1 heterocycles. The van der Waals surface area contributed by atoms with Crippen molar-refractivity contribution in [1.82, 2.24) is 5.06 Å². The highest BCUT2D eigenvalue weighted by molar-refractivity contribution is 6.20. The second-order valence-electron chi connectivity index (χ2n) is 5.35. The standard InChI is InChI=1S/C18H14FNO5/c1-24-14-8-4-5-11(16(14)19)9-10-15(21)25-20-17(22)12-6-2-3-7-13(12)18(20)23/h2-8H,9-10H2,1H3. The van der Waals surface area contributed by atoms with E-state index in [1.807, 2.05) is 0 Å². The summed E-state index contributed by atoms with van der Waals surface area (Å²) in [7, 11) is 1.35. The predicted molar refractivity (Wildman–Crippen MR) is 84.3 cm³/mol. The number of benzene rings is 2. The Morgan fingerprint density at radius 3 is 2.28 bits per heavy atom. The molecule has 0 saturated carbocycles. The van der Waals surface area contributed by atoms with Gasteiger partial charge in [-0.15, -0.1) is 0 Å². The van der Waals surface area contributed by atoms with E-state index in [1.54, 1.807) is 18.2 Å². The summed E-state index contributed by atoms with van der Waals surface area (Å²) in [6.45, 7) is 0. The van der Waals surface area contributed by atoms with Gasteiger partial charge in [0.2, 0.25) is 0 Å². The fraction of sp³-hybridized carbons (Fsp3) is 0.167. The van der Waals surface area contributed by atoms with Crippen LogP contribution in [0.3, 0.4) is 0 Å². The maximum atomic E-state index is 14.0. The number of halogens is 1. The molecule has 2 aromatic rings. The van der Waals surface area contributed by atoms with E-state index in [-0.39, 0.29) is 35.3 Å². The second kappa shape index (κ2) is 6.72. The zero-order valence-electron chi connectivity index (χ0n) is 13.3. The highest BCUT2D eigenvalue weighted by atomic mass is 19.1. The Labute approximate surface area is 142 Å². The number of hydrogen-bond donors (Lipinski definition) is 0. The summed E-state index contributed by atoms with van der Waals surface area (Å²) >= 11 is 0. The number of amides is 2. The van der Waals surface area contributed by atoms with Gasteiger partial charge in [-0.05, 0) is 30.2 Å². The van der Waals surface area contributed by atoms with Gasteiger partial charge in [0, 0.05) is 0 Å². The maximum absolute atomic E-state index is 14.0. The zero-order valence-corrected chi connectivity index (χ0v) is 13.3. The number of hydrogen-bond acceptors (Lipinski definition) is 5. The molecule has 6 nitrogen and oxygen atoms in total. The number of nitrogens with zero attached hydrogens (tertiary/aromatic N) is 1. The highest BCUT2D eigenvalue weighted by Crippen LogP contribution is 2.24. The van der Waals surface area contributed by atoms with Crippen molar-refractivity contribution in [3.05, 3.63) is 65.0 Å². The Morgan fingerprint density at radius 2 is 1.68 bits per heavy atom. The van der Waals surface area contributed by atoms with Gasteiger partial charge in [0.05, 0.1) is 24.7 Å². The van der Waals surface area contributed by atoms with E-state index in [0.717, 1.165) is 0 Å². The van der Waals surface area contributed by atoms with Crippen molar-refractivity contribution in [3.8, 4) is 5.75 Å². The highest BCUT2D eigenvalue weighted by Gasteiger charge is 2.38. The topological polar surface area (TPSA) is 72.9 Å². The number of aryl methyl sites for hydroxylation is 1. The lowest BCUT2D eigenvalue weighted by atomic mass is 10.1. The monoisotopic (exact) mass is 343 g/mol. The van der Waals surface area contributed by atoms with Crippen LogP contribution in [0, 0.1) is 5.82 Å². The minimum Gasteiger partial charge on any atom is -0.494 e. The van der Waals surface area contributed by atoms with Crippen LogP contribution >= 0.6 is 0 Å². The first-order valence-electron chi connectivity index (χ1n) is 7.53. The van der Waals surface area contributed by atoms with Gasteiger partial charge in [0.25, 0.3) is 11.8 Å². The van der Waals surface area contributed by atoms with Crippen LogP contribution in [0.4, 0.5) is 4.39 Å². The minimum absolute atomic E-state index is 0.0467. The molecule has 3 rings (SSSR count). The molecule has 0 unspecified atom stereocenters. The molecule has 128 valence electrons. The third-order valence-electron chi connectivity index (χ3n) is 3.81. The Hall–Kier alpha value is -3.22. The van der Waals surface area contributed by atoms with Crippen molar-refractivity contribution in [2.24, 2.45) is 0 Å². The van der Waals surface area contributed by atoms with Crippen LogP contribution in [0.15, 0.2) is 42.5 Å². The number of carbonyl (C=O) groups excluding carboxylic acids is 3. The molecule has 0 fully saturated rings. The van der Waals surface area contributed by atoms with Gasteiger partial charge in [0.15, 0.2) is 11.6 Å². The molecule has 7 heteroatoms. The van der Waals surface area contributed by atoms with Gasteiger partial charge in [-0.25, -0.2) is 9.18 Å². The van der Waals surface area contributed by atoms with Crippen molar-refractivity contribution < 1.29 is 28.3 Å². The minimum atomic E-state index is -0.809. The van der Waals surface area contributed by atoms with Gasteiger partial charge in [-0.1, -0.05) is 29.3 Å². The SMILES string of the molecule is COc1cccc(CCC(=O)ON2C(=O)c3ccccc3C2=O)c1F. The Bertz CT molecular complexity index is 829. The van der Waals surface area contributed by atoms with Crippen LogP contribution < -0.4 is 4.74 Å². The number of fused-ring (bicyclic) bond motifs is 1. The maximum Gasteiger partial charge on any atom is 0.333 e. The van der Waals surface area contributed by atoms with E-state index < -0.39 is 23.6 Å². The van der Waals surface area contributed by atoms with Crippen molar-refractivity contribution in [1.29, 1.82) is 0 Å². The number of hydroxylamine groups is 2. The summed E-state index contributed by atoms with van der Waals surface area (Å²) in [6, 6.07) is 10.8. The predicted octanol–water partition coefficient (Wildman–Crippen LogP) is 2.52. The van der Waals surface area contributed by atoms with Crippen LogP contribution in [0.5, 0.6) is 5.75 Å². The van der Waals surface area contributed by atoms with Crippen molar-refractivity contribution >= 4 is 17.8 Å². The lowest BCUT2D eigenvalue weighted by Crippen LogP contribution is -2.32. The summed E-state index contributed by atoms with van der Waals surface area (Å²) in [5, 5.41) is 0.439. The van der Waals surface area contributed by atoms with E-state index in [9.17, 15) is 18.8 Å². The number of carbonyl (C=O) groups is 3. The zero-order chi connectivity index (χ0) is 18.0. The van der Waals surface area contributed by atoms with Gasteiger partial charge < -0.3 is 9.57 Å². The van der Waals surface area contributed by atoms with Crippen LogP contribution in [-0.4, -0.2) is 30.0 Å².